The third-order valence-corrected chi connectivity index (χ3v) is 2.55. The Hall–Kier alpha value is -1.12. The first-order chi connectivity index (χ1) is 5.20. The van der Waals surface area contributed by atoms with Crippen LogP contribution in [0.1, 0.15) is 6.42 Å². The van der Waals surface area contributed by atoms with Gasteiger partial charge in [0.05, 0.1) is 5.92 Å². The van der Waals surface area contributed by atoms with Gasteiger partial charge < -0.3 is 5.73 Å². The number of amides is 1. The summed E-state index contributed by atoms with van der Waals surface area (Å²) in [6.07, 6.45) is 4.33. The summed E-state index contributed by atoms with van der Waals surface area (Å²) in [7, 11) is 0. The Bertz CT molecular complexity index is 257. The van der Waals surface area contributed by atoms with E-state index in [4.69, 9.17) is 5.73 Å². The first kappa shape index (κ1) is 6.58. The number of hydrogen-bond acceptors (Lipinski definition) is 2. The smallest absolute Gasteiger partial charge is 0.221 e. The van der Waals surface area contributed by atoms with Crippen LogP contribution in [-0.4, -0.2) is 11.7 Å². The molecule has 0 spiro atoms. The monoisotopic (exact) mass is 151 g/mol. The Morgan fingerprint density at radius 1 is 1.55 bits per heavy atom. The number of carbonyl (C=O) groups is 2. The molecule has 0 aliphatic heterocycles. The quantitative estimate of drug-likeness (QED) is 0.530. The maximum Gasteiger partial charge on any atom is 0.221 e. The van der Waals surface area contributed by atoms with Crippen molar-refractivity contribution in [1.29, 1.82) is 0 Å². The van der Waals surface area contributed by atoms with Gasteiger partial charge in [0, 0.05) is 11.8 Å². The van der Waals surface area contributed by atoms with Crippen molar-refractivity contribution in [3.05, 3.63) is 12.2 Å². The molecule has 2 rings (SSSR count). The molecule has 3 unspecified atom stereocenters. The summed E-state index contributed by atoms with van der Waals surface area (Å²) in [5.41, 5.74) is 5.12. The fraction of sp³-hybridized carbons (Fsp3) is 0.500. The number of nitrogens with two attached hydrogens (primary N) is 1. The van der Waals surface area contributed by atoms with Crippen LogP contribution in [0.5, 0.6) is 0 Å². The van der Waals surface area contributed by atoms with Crippen LogP contribution < -0.4 is 5.73 Å². The first-order valence-electron chi connectivity index (χ1n) is 3.71. The van der Waals surface area contributed by atoms with E-state index in [0.29, 0.717) is 6.42 Å². The molecule has 1 amide bonds. The zero-order valence-electron chi connectivity index (χ0n) is 5.99. The molecule has 2 N–H and O–H groups in total. The van der Waals surface area contributed by atoms with E-state index in [-0.39, 0.29) is 29.4 Å². The summed E-state index contributed by atoms with van der Waals surface area (Å²) < 4.78 is 0. The lowest BCUT2D eigenvalue weighted by molar-refractivity contribution is -0.126. The third-order valence-electron chi connectivity index (χ3n) is 2.55. The van der Waals surface area contributed by atoms with Gasteiger partial charge in [-0.3, -0.25) is 9.59 Å². The minimum absolute atomic E-state index is 0.0162. The molecule has 0 aromatic rings. The molecule has 3 heteroatoms. The second-order valence-electron chi connectivity index (χ2n) is 3.16. The molecule has 1 fully saturated rings. The minimum Gasteiger partial charge on any atom is -0.369 e. The molecular formula is C8H9NO2. The third kappa shape index (κ3) is 0.737. The van der Waals surface area contributed by atoms with Gasteiger partial charge in [0.1, 0.15) is 5.78 Å². The van der Waals surface area contributed by atoms with Crippen LogP contribution in [-0.2, 0) is 9.59 Å². The SMILES string of the molecule is NC(=O)C1CC2C=CC1C2=O. The van der Waals surface area contributed by atoms with Crippen molar-refractivity contribution < 1.29 is 9.59 Å². The van der Waals surface area contributed by atoms with E-state index in [9.17, 15) is 9.59 Å². The van der Waals surface area contributed by atoms with Crippen LogP contribution >= 0.6 is 0 Å². The number of hydrogen-bond donors (Lipinski definition) is 1. The van der Waals surface area contributed by atoms with Gasteiger partial charge >= 0.3 is 0 Å². The molecular weight excluding hydrogens is 142 g/mol. The minimum atomic E-state index is -0.338. The number of ketones is 1. The van der Waals surface area contributed by atoms with E-state index in [1.54, 1.807) is 0 Å². The van der Waals surface area contributed by atoms with E-state index in [1.807, 2.05) is 12.2 Å². The summed E-state index contributed by atoms with van der Waals surface area (Å²) in [6.45, 7) is 0. The van der Waals surface area contributed by atoms with Crippen LogP contribution in [0.25, 0.3) is 0 Å². The average molecular weight is 151 g/mol. The van der Waals surface area contributed by atoms with Crippen molar-refractivity contribution in [3.63, 3.8) is 0 Å². The number of carbonyl (C=O) groups excluding carboxylic acids is 2. The van der Waals surface area contributed by atoms with Crippen LogP contribution in [0.3, 0.4) is 0 Å². The van der Waals surface area contributed by atoms with Gasteiger partial charge in [0.15, 0.2) is 0 Å². The predicted molar refractivity (Wildman–Crippen MR) is 38.4 cm³/mol. The van der Waals surface area contributed by atoms with Crippen molar-refractivity contribution in [3.8, 4) is 0 Å². The zero-order valence-corrected chi connectivity index (χ0v) is 5.99. The fourth-order valence-electron chi connectivity index (χ4n) is 1.93. The summed E-state index contributed by atoms with van der Waals surface area (Å²) in [4.78, 5) is 22.0. The number of Topliss-reactive ketones (excluding diaryl/α,β-unsaturated/α-hetero) is 1. The van der Waals surface area contributed by atoms with Crippen molar-refractivity contribution in [2.75, 3.05) is 0 Å². The molecule has 0 saturated heterocycles. The van der Waals surface area contributed by atoms with E-state index in [1.165, 1.54) is 0 Å². The van der Waals surface area contributed by atoms with Crippen molar-refractivity contribution in [1.82, 2.24) is 0 Å². The van der Waals surface area contributed by atoms with Crippen LogP contribution in [0.4, 0.5) is 0 Å². The van der Waals surface area contributed by atoms with Gasteiger partial charge in [-0.15, -0.1) is 0 Å². The maximum absolute atomic E-state index is 11.2. The molecule has 0 radical (unpaired) electrons. The lowest BCUT2D eigenvalue weighted by Gasteiger charge is -2.10. The van der Waals surface area contributed by atoms with Gasteiger partial charge in [-0.1, -0.05) is 12.2 Å². The highest BCUT2D eigenvalue weighted by Gasteiger charge is 2.45. The summed E-state index contributed by atoms with van der Waals surface area (Å²) >= 11 is 0. The highest BCUT2D eigenvalue weighted by Crippen LogP contribution is 2.40. The van der Waals surface area contributed by atoms with Crippen molar-refractivity contribution >= 4 is 11.7 Å². The molecule has 1 saturated carbocycles. The van der Waals surface area contributed by atoms with Crippen LogP contribution in [0.2, 0.25) is 0 Å². The van der Waals surface area contributed by atoms with Gasteiger partial charge in [-0.05, 0) is 6.42 Å². The summed E-state index contributed by atoms with van der Waals surface area (Å²) in [5.74, 6) is -0.600. The van der Waals surface area contributed by atoms with Gasteiger partial charge in [-0.2, -0.15) is 0 Å². The van der Waals surface area contributed by atoms with Gasteiger partial charge in [0.25, 0.3) is 0 Å². The Kier molecular flexibility index (Phi) is 1.16. The lowest BCUT2D eigenvalue weighted by atomic mass is 9.93. The van der Waals surface area contributed by atoms with Crippen molar-refractivity contribution in [2.45, 2.75) is 6.42 Å². The van der Waals surface area contributed by atoms with E-state index in [0.717, 1.165) is 0 Å². The van der Waals surface area contributed by atoms with Gasteiger partial charge in [-0.25, -0.2) is 0 Å². The van der Waals surface area contributed by atoms with Gasteiger partial charge in [0.2, 0.25) is 5.91 Å². The fourth-order valence-corrected chi connectivity index (χ4v) is 1.93. The van der Waals surface area contributed by atoms with Crippen LogP contribution in [0, 0.1) is 17.8 Å². The molecule has 0 aromatic carbocycles. The number of rotatable bonds is 1. The normalized spacial score (nSPS) is 40.0. The largest absolute Gasteiger partial charge is 0.369 e. The summed E-state index contributed by atoms with van der Waals surface area (Å²) in [5, 5.41) is 0. The predicted octanol–water partition coefficient (Wildman–Crippen LogP) is -0.137. The molecule has 58 valence electrons. The highest BCUT2D eigenvalue weighted by atomic mass is 16.1. The number of fused-ring (bicyclic) bond motifs is 2. The number of primary amides is 1. The number of allylic oxidation sites excluding steroid dienone is 2. The Morgan fingerprint density at radius 3 is 2.55 bits per heavy atom. The summed E-state index contributed by atoms with van der Waals surface area (Å²) in [6, 6.07) is 0. The second kappa shape index (κ2) is 1.94. The molecule has 2 aliphatic rings. The Labute approximate surface area is 64.3 Å². The topological polar surface area (TPSA) is 60.2 Å². The van der Waals surface area contributed by atoms with Crippen LogP contribution in [0.15, 0.2) is 12.2 Å². The highest BCUT2D eigenvalue weighted by molar-refractivity contribution is 5.97. The van der Waals surface area contributed by atoms with Crippen molar-refractivity contribution in [2.24, 2.45) is 23.5 Å². The van der Waals surface area contributed by atoms with E-state index >= 15 is 0 Å². The molecule has 11 heavy (non-hydrogen) atoms. The molecule has 3 atom stereocenters. The maximum atomic E-state index is 11.2. The molecule has 3 nitrogen and oxygen atoms in total. The average Bonchev–Trinajstić information content (AvgIpc) is 2.46. The molecule has 2 aliphatic carbocycles. The first-order valence-corrected chi connectivity index (χ1v) is 3.71. The molecule has 0 aromatic heterocycles. The Morgan fingerprint density at radius 2 is 2.27 bits per heavy atom. The van der Waals surface area contributed by atoms with E-state index in [2.05, 4.69) is 0 Å². The molecule has 2 bridgehead atoms. The standard InChI is InChI=1S/C8H9NO2/c9-8(11)6-3-4-1-2-5(6)7(4)10/h1-2,4-6H,3H2,(H2,9,11). The zero-order chi connectivity index (χ0) is 8.01. The second-order valence-corrected chi connectivity index (χ2v) is 3.16. The van der Waals surface area contributed by atoms with E-state index < -0.39 is 0 Å². The Balaban J connectivity index is 2.28. The molecule has 0 heterocycles. The lowest BCUT2D eigenvalue weighted by Crippen LogP contribution is -2.27.